The van der Waals surface area contributed by atoms with Crippen LogP contribution < -0.4 is 15.0 Å². The lowest BCUT2D eigenvalue weighted by atomic mass is 10.1. The normalized spacial score (nSPS) is 14.4. The van der Waals surface area contributed by atoms with E-state index in [2.05, 4.69) is 26.4 Å². The van der Waals surface area contributed by atoms with Crippen molar-refractivity contribution in [1.29, 1.82) is 5.26 Å². The van der Waals surface area contributed by atoms with Crippen molar-refractivity contribution < 1.29 is 4.74 Å². The lowest BCUT2D eigenvalue weighted by Crippen LogP contribution is -2.43. The SMILES string of the molecule is CCOc1cc(-c2ccc(N3CCNCC3)nc2)c2c(C#N)cnn2c1. The lowest BCUT2D eigenvalue weighted by molar-refractivity contribution is 0.338. The first-order valence-electron chi connectivity index (χ1n) is 8.76. The quantitative estimate of drug-likeness (QED) is 0.778. The summed E-state index contributed by atoms with van der Waals surface area (Å²) in [5.41, 5.74) is 3.14. The van der Waals surface area contributed by atoms with Crippen molar-refractivity contribution in [3.8, 4) is 22.9 Å². The Bertz CT molecular complexity index is 951. The van der Waals surface area contributed by atoms with Gasteiger partial charge in [-0.2, -0.15) is 10.4 Å². The molecule has 3 aromatic heterocycles. The second kappa shape index (κ2) is 7.02. The maximum atomic E-state index is 9.42. The largest absolute Gasteiger partial charge is 0.492 e. The van der Waals surface area contributed by atoms with Gasteiger partial charge in [-0.1, -0.05) is 0 Å². The predicted molar refractivity (Wildman–Crippen MR) is 99.4 cm³/mol. The number of nitrogens with zero attached hydrogens (tertiary/aromatic N) is 5. The molecule has 0 atom stereocenters. The molecule has 1 aliphatic heterocycles. The monoisotopic (exact) mass is 348 g/mol. The summed E-state index contributed by atoms with van der Waals surface area (Å²) in [6, 6.07) is 8.24. The van der Waals surface area contributed by atoms with Crippen molar-refractivity contribution in [2.45, 2.75) is 6.92 Å². The van der Waals surface area contributed by atoms with E-state index in [1.54, 1.807) is 16.9 Å². The summed E-state index contributed by atoms with van der Waals surface area (Å²) in [5, 5.41) is 17.1. The van der Waals surface area contributed by atoms with Gasteiger partial charge >= 0.3 is 0 Å². The molecule has 4 heterocycles. The van der Waals surface area contributed by atoms with Crippen LogP contribution in [-0.2, 0) is 0 Å². The molecule has 7 heteroatoms. The molecule has 0 spiro atoms. The lowest BCUT2D eigenvalue weighted by Gasteiger charge is -2.28. The van der Waals surface area contributed by atoms with Gasteiger partial charge in [-0.3, -0.25) is 0 Å². The molecule has 4 rings (SSSR count). The zero-order valence-electron chi connectivity index (χ0n) is 14.6. The Morgan fingerprint density at radius 2 is 2.12 bits per heavy atom. The summed E-state index contributed by atoms with van der Waals surface area (Å²) >= 11 is 0. The van der Waals surface area contributed by atoms with E-state index in [0.29, 0.717) is 17.9 Å². The smallest absolute Gasteiger partial charge is 0.138 e. The van der Waals surface area contributed by atoms with E-state index in [4.69, 9.17) is 4.74 Å². The van der Waals surface area contributed by atoms with Crippen molar-refractivity contribution in [2.75, 3.05) is 37.7 Å². The number of fused-ring (bicyclic) bond motifs is 1. The van der Waals surface area contributed by atoms with Crippen LogP contribution in [0.5, 0.6) is 5.75 Å². The zero-order chi connectivity index (χ0) is 17.9. The third kappa shape index (κ3) is 2.95. The molecule has 1 aliphatic rings. The summed E-state index contributed by atoms with van der Waals surface area (Å²) in [4.78, 5) is 6.92. The molecule has 7 nitrogen and oxygen atoms in total. The van der Waals surface area contributed by atoms with Crippen LogP contribution in [0.4, 0.5) is 5.82 Å². The number of pyridine rings is 2. The van der Waals surface area contributed by atoms with Crippen molar-refractivity contribution in [1.82, 2.24) is 19.9 Å². The van der Waals surface area contributed by atoms with Gasteiger partial charge in [0.1, 0.15) is 17.6 Å². The number of hydrogen-bond donors (Lipinski definition) is 1. The number of anilines is 1. The van der Waals surface area contributed by atoms with E-state index >= 15 is 0 Å². The van der Waals surface area contributed by atoms with Crippen LogP contribution in [-0.4, -0.2) is 47.4 Å². The third-order valence-electron chi connectivity index (χ3n) is 4.52. The highest BCUT2D eigenvalue weighted by Crippen LogP contribution is 2.31. The summed E-state index contributed by atoms with van der Waals surface area (Å²) in [7, 11) is 0. The van der Waals surface area contributed by atoms with Gasteiger partial charge in [0, 0.05) is 43.5 Å². The van der Waals surface area contributed by atoms with Crippen LogP contribution in [0, 0.1) is 11.3 Å². The minimum Gasteiger partial charge on any atom is -0.492 e. The number of hydrogen-bond acceptors (Lipinski definition) is 6. The Hall–Kier alpha value is -3.11. The maximum Gasteiger partial charge on any atom is 0.138 e. The Labute approximate surface area is 151 Å². The number of piperazine rings is 1. The molecule has 1 fully saturated rings. The first kappa shape index (κ1) is 16.4. The topological polar surface area (TPSA) is 78.5 Å². The van der Waals surface area contributed by atoms with E-state index in [0.717, 1.165) is 48.6 Å². The molecule has 0 saturated carbocycles. The Kier molecular flexibility index (Phi) is 4.42. The van der Waals surface area contributed by atoms with Crippen LogP contribution in [0.15, 0.2) is 36.8 Å². The first-order valence-corrected chi connectivity index (χ1v) is 8.76. The van der Waals surface area contributed by atoms with Gasteiger partial charge in [0.05, 0.1) is 30.1 Å². The van der Waals surface area contributed by atoms with Crippen LogP contribution in [0.2, 0.25) is 0 Å². The van der Waals surface area contributed by atoms with Crippen LogP contribution in [0.25, 0.3) is 16.6 Å². The van der Waals surface area contributed by atoms with Crippen LogP contribution in [0.3, 0.4) is 0 Å². The van der Waals surface area contributed by atoms with E-state index in [1.165, 1.54) is 0 Å². The summed E-state index contributed by atoms with van der Waals surface area (Å²) < 4.78 is 7.36. The number of rotatable bonds is 4. The van der Waals surface area contributed by atoms with Gasteiger partial charge in [-0.15, -0.1) is 0 Å². The average Bonchev–Trinajstić information content (AvgIpc) is 3.11. The van der Waals surface area contributed by atoms with Crippen molar-refractivity contribution in [3.63, 3.8) is 0 Å². The van der Waals surface area contributed by atoms with Gasteiger partial charge < -0.3 is 15.0 Å². The summed E-state index contributed by atoms with van der Waals surface area (Å²) in [6.07, 6.45) is 5.24. The standard InChI is InChI=1S/C19H20N6O/c1-2-26-16-9-17(19-15(10-20)12-23-25(19)13-16)14-3-4-18(22-11-14)24-7-5-21-6-8-24/h3-4,9,11-13,21H,2,5-8H2,1H3. The number of nitriles is 1. The molecular weight excluding hydrogens is 328 g/mol. The fourth-order valence-corrected chi connectivity index (χ4v) is 3.27. The van der Waals surface area contributed by atoms with Gasteiger partial charge in [-0.05, 0) is 25.1 Å². The molecule has 0 aromatic carbocycles. The molecule has 0 bridgehead atoms. The van der Waals surface area contributed by atoms with E-state index in [-0.39, 0.29) is 0 Å². The second-order valence-electron chi connectivity index (χ2n) is 6.13. The third-order valence-corrected chi connectivity index (χ3v) is 4.52. The molecule has 132 valence electrons. The van der Waals surface area contributed by atoms with Crippen molar-refractivity contribution in [3.05, 3.63) is 42.4 Å². The van der Waals surface area contributed by atoms with Crippen LogP contribution >= 0.6 is 0 Å². The molecule has 0 radical (unpaired) electrons. The van der Waals surface area contributed by atoms with Crippen LogP contribution in [0.1, 0.15) is 12.5 Å². The second-order valence-corrected chi connectivity index (χ2v) is 6.13. The molecule has 1 saturated heterocycles. The summed E-state index contributed by atoms with van der Waals surface area (Å²) in [6.45, 7) is 6.37. The zero-order valence-corrected chi connectivity index (χ0v) is 14.6. The highest BCUT2D eigenvalue weighted by molar-refractivity contribution is 5.85. The highest BCUT2D eigenvalue weighted by Gasteiger charge is 2.15. The van der Waals surface area contributed by atoms with Crippen molar-refractivity contribution in [2.24, 2.45) is 0 Å². The van der Waals surface area contributed by atoms with Gasteiger partial charge in [0.15, 0.2) is 0 Å². The Morgan fingerprint density at radius 1 is 1.27 bits per heavy atom. The van der Waals surface area contributed by atoms with Gasteiger partial charge in [0.25, 0.3) is 0 Å². The molecule has 0 unspecified atom stereocenters. The van der Waals surface area contributed by atoms with E-state index in [9.17, 15) is 5.26 Å². The van der Waals surface area contributed by atoms with E-state index in [1.807, 2.05) is 31.3 Å². The molecule has 0 amide bonds. The highest BCUT2D eigenvalue weighted by atomic mass is 16.5. The fraction of sp³-hybridized carbons (Fsp3) is 0.316. The Balaban J connectivity index is 1.77. The fourth-order valence-electron chi connectivity index (χ4n) is 3.27. The minimum atomic E-state index is 0.536. The van der Waals surface area contributed by atoms with E-state index < -0.39 is 0 Å². The Morgan fingerprint density at radius 3 is 2.81 bits per heavy atom. The number of ether oxygens (including phenoxy) is 1. The first-order chi connectivity index (χ1) is 12.8. The van der Waals surface area contributed by atoms with Gasteiger partial charge in [-0.25, -0.2) is 9.50 Å². The van der Waals surface area contributed by atoms with Gasteiger partial charge in [0.2, 0.25) is 0 Å². The minimum absolute atomic E-state index is 0.536. The molecule has 0 aliphatic carbocycles. The molecule has 1 N–H and O–H groups in total. The number of aromatic nitrogens is 3. The summed E-state index contributed by atoms with van der Waals surface area (Å²) in [5.74, 6) is 1.69. The van der Waals surface area contributed by atoms with Crippen molar-refractivity contribution >= 4 is 11.3 Å². The molecule has 3 aromatic rings. The predicted octanol–water partition coefficient (Wildman–Crippen LogP) is 2.08. The molecular formula is C19H20N6O. The number of nitrogens with one attached hydrogen (secondary N) is 1. The average molecular weight is 348 g/mol. The maximum absolute atomic E-state index is 9.42. The molecule has 26 heavy (non-hydrogen) atoms.